The van der Waals surface area contributed by atoms with Gasteiger partial charge < -0.3 is 14.8 Å². The molecule has 0 saturated carbocycles. The van der Waals surface area contributed by atoms with Crippen LogP contribution in [0.4, 0.5) is 4.79 Å². The van der Waals surface area contributed by atoms with Crippen molar-refractivity contribution >= 4 is 11.9 Å². The van der Waals surface area contributed by atoms with Crippen LogP contribution in [0.1, 0.15) is 12.5 Å². The summed E-state index contributed by atoms with van der Waals surface area (Å²) in [5.41, 5.74) is 1.15. The molecule has 1 fully saturated rings. The number of nitrogens with zero attached hydrogens (tertiary/aromatic N) is 2. The molecular formula is C18H28N4O4. The molecule has 0 unspecified atom stereocenters. The smallest absolute Gasteiger partial charge is 0.321 e. The number of ether oxygens (including phenoxy) is 2. The molecule has 1 aliphatic rings. The fourth-order valence-electron chi connectivity index (χ4n) is 2.99. The average molecular weight is 364 g/mol. The van der Waals surface area contributed by atoms with Crippen molar-refractivity contribution < 1.29 is 19.1 Å². The summed E-state index contributed by atoms with van der Waals surface area (Å²) in [6.45, 7) is 5.89. The Bertz CT molecular complexity index is 630. The Morgan fingerprint density at radius 2 is 1.77 bits per heavy atom. The maximum atomic E-state index is 12.1. The number of urea groups is 1. The van der Waals surface area contributed by atoms with Gasteiger partial charge in [-0.25, -0.2) is 4.79 Å². The molecule has 1 aromatic rings. The number of rotatable bonds is 6. The highest BCUT2D eigenvalue weighted by atomic mass is 16.5. The Labute approximate surface area is 154 Å². The highest BCUT2D eigenvalue weighted by molar-refractivity contribution is 5.96. The first-order chi connectivity index (χ1) is 12.5. The minimum Gasteiger partial charge on any atom is -0.493 e. The molecule has 2 N–H and O–H groups in total. The summed E-state index contributed by atoms with van der Waals surface area (Å²) >= 11 is 0. The van der Waals surface area contributed by atoms with Crippen molar-refractivity contribution in [1.29, 1.82) is 0 Å². The maximum Gasteiger partial charge on any atom is 0.321 e. The van der Waals surface area contributed by atoms with Gasteiger partial charge in [0.2, 0.25) is 5.91 Å². The second-order valence-corrected chi connectivity index (χ2v) is 6.25. The van der Waals surface area contributed by atoms with E-state index < -0.39 is 6.03 Å². The van der Waals surface area contributed by atoms with Crippen molar-refractivity contribution in [3.8, 4) is 11.5 Å². The topological polar surface area (TPSA) is 83.1 Å². The summed E-state index contributed by atoms with van der Waals surface area (Å²) in [6.07, 6.45) is 0. The van der Waals surface area contributed by atoms with Crippen LogP contribution >= 0.6 is 0 Å². The number of hydrogen-bond donors (Lipinski definition) is 2. The molecule has 26 heavy (non-hydrogen) atoms. The highest BCUT2D eigenvalue weighted by Crippen LogP contribution is 2.28. The summed E-state index contributed by atoms with van der Waals surface area (Å²) in [5.74, 6) is 1.16. The number of benzene rings is 1. The van der Waals surface area contributed by atoms with Crippen LogP contribution in [-0.4, -0.2) is 75.2 Å². The second kappa shape index (κ2) is 9.40. The molecule has 8 heteroatoms. The molecule has 0 radical (unpaired) electrons. The number of piperazine rings is 1. The third-order valence-electron chi connectivity index (χ3n) is 4.65. The number of carbonyl (C=O) groups is 2. The minimum atomic E-state index is -0.478. The van der Waals surface area contributed by atoms with Crippen LogP contribution in [0.5, 0.6) is 11.5 Å². The van der Waals surface area contributed by atoms with E-state index in [0.717, 1.165) is 49.8 Å². The summed E-state index contributed by atoms with van der Waals surface area (Å²) in [4.78, 5) is 27.8. The monoisotopic (exact) mass is 364 g/mol. The molecule has 1 atom stereocenters. The SMILES string of the molecule is CNC(=O)NC(=O)[C@H](C)N1CCN(Cc2ccc(OC)c(OC)c2)CC1. The zero-order valence-electron chi connectivity index (χ0n) is 15.9. The largest absolute Gasteiger partial charge is 0.493 e. The molecule has 2 rings (SSSR count). The molecule has 1 saturated heterocycles. The van der Waals surface area contributed by atoms with Gasteiger partial charge in [0.05, 0.1) is 20.3 Å². The molecule has 1 aromatic carbocycles. The van der Waals surface area contributed by atoms with E-state index in [-0.39, 0.29) is 11.9 Å². The third-order valence-corrected chi connectivity index (χ3v) is 4.65. The van der Waals surface area contributed by atoms with Crippen molar-refractivity contribution in [3.05, 3.63) is 23.8 Å². The van der Waals surface area contributed by atoms with Gasteiger partial charge in [0.25, 0.3) is 0 Å². The Hall–Kier alpha value is -2.32. The van der Waals surface area contributed by atoms with Crippen molar-refractivity contribution in [2.24, 2.45) is 0 Å². The lowest BCUT2D eigenvalue weighted by Crippen LogP contribution is -2.55. The van der Waals surface area contributed by atoms with Crippen molar-refractivity contribution in [2.45, 2.75) is 19.5 Å². The fourth-order valence-corrected chi connectivity index (χ4v) is 2.99. The lowest BCUT2D eigenvalue weighted by atomic mass is 10.1. The fraction of sp³-hybridized carbons (Fsp3) is 0.556. The number of methoxy groups -OCH3 is 2. The van der Waals surface area contributed by atoms with Gasteiger partial charge >= 0.3 is 6.03 Å². The number of nitrogens with one attached hydrogen (secondary N) is 2. The van der Waals surface area contributed by atoms with Crippen LogP contribution in [0.25, 0.3) is 0 Å². The lowest BCUT2D eigenvalue weighted by Gasteiger charge is -2.37. The van der Waals surface area contributed by atoms with Crippen LogP contribution in [0, 0.1) is 0 Å². The van der Waals surface area contributed by atoms with E-state index in [1.54, 1.807) is 14.2 Å². The first-order valence-electron chi connectivity index (χ1n) is 8.68. The molecule has 3 amide bonds. The standard InChI is InChI=1S/C18H28N4O4/c1-13(17(23)20-18(24)19-2)22-9-7-21(8-10-22)12-14-5-6-15(25-3)16(11-14)26-4/h5-6,11,13H,7-10,12H2,1-4H3,(H2,19,20,23,24)/t13-/m0/s1. The quantitative estimate of drug-likeness (QED) is 0.772. The van der Waals surface area contributed by atoms with Gasteiger partial charge in [0.1, 0.15) is 0 Å². The minimum absolute atomic E-state index is 0.280. The van der Waals surface area contributed by atoms with Crippen LogP contribution in [-0.2, 0) is 11.3 Å². The Kier molecular flexibility index (Phi) is 7.23. The van der Waals surface area contributed by atoms with Crippen molar-refractivity contribution in [1.82, 2.24) is 20.4 Å². The molecule has 1 heterocycles. The van der Waals surface area contributed by atoms with Crippen molar-refractivity contribution in [2.75, 3.05) is 47.4 Å². The normalized spacial score (nSPS) is 16.6. The van der Waals surface area contributed by atoms with E-state index in [9.17, 15) is 9.59 Å². The van der Waals surface area contributed by atoms with Gasteiger partial charge in [-0.05, 0) is 24.6 Å². The Morgan fingerprint density at radius 3 is 2.35 bits per heavy atom. The van der Waals surface area contributed by atoms with Crippen LogP contribution < -0.4 is 20.1 Å². The molecule has 0 spiro atoms. The zero-order chi connectivity index (χ0) is 19.1. The Balaban J connectivity index is 1.86. The summed E-state index contributed by atoms with van der Waals surface area (Å²) in [7, 11) is 4.74. The van der Waals surface area contributed by atoms with Crippen LogP contribution in [0.3, 0.4) is 0 Å². The van der Waals surface area contributed by atoms with Crippen LogP contribution in [0.2, 0.25) is 0 Å². The van der Waals surface area contributed by atoms with E-state index in [1.807, 2.05) is 25.1 Å². The average Bonchev–Trinajstić information content (AvgIpc) is 2.67. The van der Waals surface area contributed by atoms with Gasteiger partial charge in [0.15, 0.2) is 11.5 Å². The molecule has 8 nitrogen and oxygen atoms in total. The van der Waals surface area contributed by atoms with E-state index in [0.29, 0.717) is 0 Å². The molecule has 0 aromatic heterocycles. The van der Waals surface area contributed by atoms with Gasteiger partial charge in [-0.15, -0.1) is 0 Å². The van der Waals surface area contributed by atoms with E-state index in [4.69, 9.17) is 9.47 Å². The summed E-state index contributed by atoms with van der Waals surface area (Å²) in [6, 6.07) is 5.12. The molecule has 144 valence electrons. The maximum absolute atomic E-state index is 12.1. The first-order valence-corrected chi connectivity index (χ1v) is 8.68. The molecular weight excluding hydrogens is 336 g/mol. The van der Waals surface area contributed by atoms with Gasteiger partial charge in [0, 0.05) is 39.8 Å². The highest BCUT2D eigenvalue weighted by Gasteiger charge is 2.26. The molecule has 0 bridgehead atoms. The van der Waals surface area contributed by atoms with Crippen molar-refractivity contribution in [3.63, 3.8) is 0 Å². The van der Waals surface area contributed by atoms with Gasteiger partial charge in [-0.1, -0.05) is 6.07 Å². The van der Waals surface area contributed by atoms with Gasteiger partial charge in [-0.2, -0.15) is 0 Å². The molecule has 0 aliphatic carbocycles. The second-order valence-electron chi connectivity index (χ2n) is 6.25. The zero-order valence-corrected chi connectivity index (χ0v) is 15.9. The summed E-state index contributed by atoms with van der Waals surface area (Å²) < 4.78 is 10.6. The summed E-state index contributed by atoms with van der Waals surface area (Å²) in [5, 5.41) is 4.72. The predicted octanol–water partition coefficient (Wildman–Crippen LogP) is 0.666. The first kappa shape index (κ1) is 20.0. The number of carbonyl (C=O) groups excluding carboxylic acids is 2. The van der Waals surface area contributed by atoms with E-state index in [2.05, 4.69) is 20.4 Å². The third kappa shape index (κ3) is 5.09. The van der Waals surface area contributed by atoms with Crippen LogP contribution in [0.15, 0.2) is 18.2 Å². The van der Waals surface area contributed by atoms with E-state index in [1.165, 1.54) is 7.05 Å². The number of amides is 3. The number of hydrogen-bond acceptors (Lipinski definition) is 6. The van der Waals surface area contributed by atoms with E-state index >= 15 is 0 Å². The Morgan fingerprint density at radius 1 is 1.12 bits per heavy atom. The lowest BCUT2D eigenvalue weighted by molar-refractivity contribution is -0.125. The number of imide groups is 1. The molecule has 1 aliphatic heterocycles. The predicted molar refractivity (Wildman–Crippen MR) is 98.5 cm³/mol. The van der Waals surface area contributed by atoms with Gasteiger partial charge in [-0.3, -0.25) is 19.9 Å².